The second-order valence-electron chi connectivity index (χ2n) is 13.9. The van der Waals surface area contributed by atoms with E-state index in [2.05, 4.69) is 33.4 Å². The average molecular weight is 692 g/mol. The van der Waals surface area contributed by atoms with Crippen LogP contribution >= 0.6 is 0 Å². The fourth-order valence-electron chi connectivity index (χ4n) is 6.52. The average Bonchev–Trinajstić information content (AvgIpc) is 3.69. The highest BCUT2D eigenvalue weighted by Gasteiger charge is 2.38. The van der Waals surface area contributed by atoms with Crippen LogP contribution in [0.2, 0.25) is 0 Å². The number of carbonyl (C=O) groups excluding carboxylic acids is 5. The molecular formula is C37H49N5O8. The zero-order valence-corrected chi connectivity index (χ0v) is 29.4. The Morgan fingerprint density at radius 3 is 1.92 bits per heavy atom. The number of nitrogens with one attached hydrogen (secondary N) is 4. The summed E-state index contributed by atoms with van der Waals surface area (Å²) >= 11 is 0. The predicted molar refractivity (Wildman–Crippen MR) is 186 cm³/mol. The molecule has 50 heavy (non-hydrogen) atoms. The SMILES string of the molecule is CC(C)C[C@H](NC(=O)CNC(=O)[C@H](CC(C)C)NC(=O)[C@@H]1CCCN1C(=O)OCC1c2ccccc2-c2ccccc21)C(=O)N[C@@H](C)C(=O)O. The molecule has 2 aromatic rings. The highest BCUT2D eigenvalue weighted by Crippen LogP contribution is 2.44. The van der Waals surface area contributed by atoms with Crippen LogP contribution in [0.5, 0.6) is 0 Å². The molecule has 1 fully saturated rings. The van der Waals surface area contributed by atoms with Crippen LogP contribution in [0, 0.1) is 11.8 Å². The van der Waals surface area contributed by atoms with Gasteiger partial charge in [-0.15, -0.1) is 0 Å². The van der Waals surface area contributed by atoms with Gasteiger partial charge in [0.15, 0.2) is 0 Å². The Morgan fingerprint density at radius 1 is 0.800 bits per heavy atom. The highest BCUT2D eigenvalue weighted by atomic mass is 16.6. The molecule has 0 spiro atoms. The molecule has 4 rings (SSSR count). The van der Waals surface area contributed by atoms with Crippen molar-refractivity contribution in [3.8, 4) is 11.1 Å². The maximum Gasteiger partial charge on any atom is 0.410 e. The standard InChI is InChI=1S/C37H49N5O8/c1-21(2)17-29(33(44)38-19-32(43)40-30(18-22(3)4)34(45)39-23(5)36(47)48)41-35(46)31-15-10-16-42(31)37(49)50-20-28-26-13-8-6-11-24(26)25-12-7-9-14-27(25)28/h6-9,11-14,21-23,28-31H,10,15-20H2,1-5H3,(H,38,44)(H,39,45)(H,40,43)(H,41,46)(H,47,48)/t23-,29-,30-,31-/m0/s1. The van der Waals surface area contributed by atoms with Crippen LogP contribution in [0.3, 0.4) is 0 Å². The monoisotopic (exact) mass is 691 g/mol. The highest BCUT2D eigenvalue weighted by molar-refractivity contribution is 5.94. The van der Waals surface area contributed by atoms with E-state index in [4.69, 9.17) is 9.84 Å². The molecule has 0 unspecified atom stereocenters. The molecule has 270 valence electrons. The molecule has 0 radical (unpaired) electrons. The molecule has 0 bridgehead atoms. The summed E-state index contributed by atoms with van der Waals surface area (Å²) in [6.07, 6.45) is 0.950. The van der Waals surface area contributed by atoms with Gasteiger partial charge in [0, 0.05) is 12.5 Å². The zero-order chi connectivity index (χ0) is 36.5. The fraction of sp³-hybridized carbons (Fsp3) is 0.514. The van der Waals surface area contributed by atoms with Gasteiger partial charge in [0.2, 0.25) is 23.6 Å². The van der Waals surface area contributed by atoms with E-state index in [1.165, 1.54) is 11.8 Å². The van der Waals surface area contributed by atoms with Crippen molar-refractivity contribution in [2.75, 3.05) is 19.7 Å². The van der Waals surface area contributed by atoms with E-state index in [0.29, 0.717) is 19.4 Å². The van der Waals surface area contributed by atoms with Gasteiger partial charge in [0.05, 0.1) is 6.54 Å². The molecule has 2 aromatic carbocycles. The lowest BCUT2D eigenvalue weighted by atomic mass is 9.98. The minimum Gasteiger partial charge on any atom is -0.480 e. The van der Waals surface area contributed by atoms with E-state index < -0.39 is 66.4 Å². The summed E-state index contributed by atoms with van der Waals surface area (Å²) in [5, 5.41) is 19.4. The Balaban J connectivity index is 1.34. The zero-order valence-electron chi connectivity index (χ0n) is 29.4. The first-order chi connectivity index (χ1) is 23.8. The third-order valence-corrected chi connectivity index (χ3v) is 8.98. The molecule has 1 saturated heterocycles. The quantitative estimate of drug-likeness (QED) is 0.189. The Morgan fingerprint density at radius 2 is 1.36 bits per heavy atom. The van der Waals surface area contributed by atoms with Crippen LogP contribution in [-0.2, 0) is 28.7 Å². The summed E-state index contributed by atoms with van der Waals surface area (Å²) in [7, 11) is 0. The topological polar surface area (TPSA) is 183 Å². The molecule has 0 saturated carbocycles. The molecule has 13 heteroatoms. The number of carboxylic acid groups (broad SMARTS) is 1. The smallest absolute Gasteiger partial charge is 0.410 e. The van der Waals surface area contributed by atoms with E-state index in [1.54, 1.807) is 0 Å². The Bertz CT molecular complexity index is 1530. The number of benzene rings is 2. The van der Waals surface area contributed by atoms with Gasteiger partial charge >= 0.3 is 12.1 Å². The van der Waals surface area contributed by atoms with Crippen molar-refractivity contribution in [3.05, 3.63) is 59.7 Å². The van der Waals surface area contributed by atoms with Gasteiger partial charge in [0.1, 0.15) is 30.8 Å². The summed E-state index contributed by atoms with van der Waals surface area (Å²) in [5.74, 6) is -3.67. The van der Waals surface area contributed by atoms with Gasteiger partial charge in [-0.25, -0.2) is 4.79 Å². The maximum atomic E-state index is 13.5. The molecule has 4 atom stereocenters. The number of rotatable bonds is 15. The number of hydrogen-bond acceptors (Lipinski definition) is 7. The van der Waals surface area contributed by atoms with E-state index in [-0.39, 0.29) is 37.2 Å². The molecule has 2 aliphatic rings. The number of likely N-dealkylation sites (tertiary alicyclic amines) is 1. The number of amides is 5. The lowest BCUT2D eigenvalue weighted by Gasteiger charge is -2.27. The van der Waals surface area contributed by atoms with E-state index >= 15 is 0 Å². The van der Waals surface area contributed by atoms with Gasteiger partial charge in [0.25, 0.3) is 0 Å². The number of carboxylic acids is 1. The lowest BCUT2D eigenvalue weighted by Crippen LogP contribution is -2.55. The van der Waals surface area contributed by atoms with Gasteiger partial charge in [-0.2, -0.15) is 0 Å². The van der Waals surface area contributed by atoms with Gasteiger partial charge in [-0.1, -0.05) is 76.2 Å². The molecule has 1 aliphatic heterocycles. The number of carbonyl (C=O) groups is 6. The van der Waals surface area contributed by atoms with Gasteiger partial charge < -0.3 is 31.1 Å². The first-order valence-electron chi connectivity index (χ1n) is 17.3. The lowest BCUT2D eigenvalue weighted by molar-refractivity contribution is -0.141. The van der Waals surface area contributed by atoms with Crippen molar-refractivity contribution >= 4 is 35.7 Å². The molecule has 1 aliphatic carbocycles. The van der Waals surface area contributed by atoms with Crippen LogP contribution in [0.4, 0.5) is 4.79 Å². The van der Waals surface area contributed by atoms with Crippen LogP contribution in [0.25, 0.3) is 11.1 Å². The normalized spacial score (nSPS) is 16.9. The second-order valence-corrected chi connectivity index (χ2v) is 13.9. The maximum absolute atomic E-state index is 13.5. The summed E-state index contributed by atoms with van der Waals surface area (Å²) in [6.45, 7) is 8.81. The number of ether oxygens (including phenoxy) is 1. The first kappa shape index (κ1) is 37.9. The van der Waals surface area contributed by atoms with Crippen molar-refractivity contribution in [1.82, 2.24) is 26.2 Å². The van der Waals surface area contributed by atoms with Crippen molar-refractivity contribution < 1.29 is 38.6 Å². The number of nitrogens with zero attached hydrogens (tertiary/aromatic N) is 1. The van der Waals surface area contributed by atoms with Crippen LogP contribution in [0.1, 0.15) is 77.3 Å². The number of hydrogen-bond donors (Lipinski definition) is 5. The van der Waals surface area contributed by atoms with E-state index in [9.17, 15) is 28.8 Å². The summed E-state index contributed by atoms with van der Waals surface area (Å²) in [4.78, 5) is 78.2. The first-order valence-corrected chi connectivity index (χ1v) is 17.3. The molecule has 0 aromatic heterocycles. The fourth-order valence-corrected chi connectivity index (χ4v) is 6.52. The van der Waals surface area contributed by atoms with Crippen LogP contribution in [0.15, 0.2) is 48.5 Å². The van der Waals surface area contributed by atoms with Gasteiger partial charge in [-0.3, -0.25) is 28.9 Å². The molecule has 5 amide bonds. The summed E-state index contributed by atoms with van der Waals surface area (Å²) in [6, 6.07) is 12.1. The minimum absolute atomic E-state index is 0.00925. The van der Waals surface area contributed by atoms with Crippen molar-refractivity contribution in [1.29, 1.82) is 0 Å². The van der Waals surface area contributed by atoms with Gasteiger partial charge in [-0.05, 0) is 66.7 Å². The third kappa shape index (κ3) is 9.60. The molecule has 1 heterocycles. The van der Waals surface area contributed by atoms with Crippen LogP contribution in [-0.4, -0.2) is 89.6 Å². The Labute approximate surface area is 292 Å². The van der Waals surface area contributed by atoms with E-state index in [0.717, 1.165) is 22.3 Å². The third-order valence-electron chi connectivity index (χ3n) is 8.98. The summed E-state index contributed by atoms with van der Waals surface area (Å²) < 4.78 is 5.82. The Hall–Kier alpha value is -4.94. The predicted octanol–water partition coefficient (Wildman–Crippen LogP) is 3.17. The van der Waals surface area contributed by atoms with Crippen molar-refractivity contribution in [3.63, 3.8) is 0 Å². The molecule has 13 nitrogen and oxygen atoms in total. The Kier molecular flexibility index (Phi) is 13.0. The second kappa shape index (κ2) is 17.1. The van der Waals surface area contributed by atoms with Crippen molar-refractivity contribution in [2.45, 2.75) is 90.4 Å². The number of fused-ring (bicyclic) bond motifs is 3. The van der Waals surface area contributed by atoms with E-state index in [1.807, 2.05) is 64.1 Å². The number of aliphatic carboxylic acids is 1. The molecular weight excluding hydrogens is 642 g/mol. The largest absolute Gasteiger partial charge is 0.480 e. The minimum atomic E-state index is -1.21. The van der Waals surface area contributed by atoms with Crippen molar-refractivity contribution in [2.24, 2.45) is 11.8 Å². The van der Waals surface area contributed by atoms with Crippen LogP contribution < -0.4 is 21.3 Å². The molecule has 5 N–H and O–H groups in total. The summed E-state index contributed by atoms with van der Waals surface area (Å²) in [5.41, 5.74) is 4.39.